The van der Waals surface area contributed by atoms with Crippen molar-refractivity contribution >= 4 is 11.8 Å². The topological polar surface area (TPSA) is 92.4 Å². The smallest absolute Gasteiger partial charge is 0.254 e. The van der Waals surface area contributed by atoms with Gasteiger partial charge in [0.05, 0.1) is 0 Å². The summed E-state index contributed by atoms with van der Waals surface area (Å²) in [4.78, 5) is 23.7. The third kappa shape index (κ3) is 4.06. The van der Waals surface area contributed by atoms with Gasteiger partial charge in [-0.25, -0.2) is 0 Å². The van der Waals surface area contributed by atoms with Gasteiger partial charge in [-0.3, -0.25) is 9.59 Å². The fraction of sp³-hybridized carbons (Fsp3) is 0.467. The molecule has 1 aromatic rings. The predicted octanol–water partition coefficient (Wildman–Crippen LogP) is 1.13. The molecule has 0 heterocycles. The molecule has 0 radical (unpaired) electrons. The molecule has 0 saturated heterocycles. The van der Waals surface area contributed by atoms with Crippen LogP contribution in [0.15, 0.2) is 30.3 Å². The highest BCUT2D eigenvalue weighted by Gasteiger charge is 2.35. The van der Waals surface area contributed by atoms with E-state index in [1.54, 1.807) is 37.3 Å². The molecule has 5 heteroatoms. The monoisotopic (exact) mass is 278 g/mol. The molecule has 0 spiro atoms. The normalized spacial score (nSPS) is 15.4. The molecule has 0 fully saturated rings. The van der Waals surface area contributed by atoms with E-state index in [4.69, 9.17) is 5.73 Å². The van der Waals surface area contributed by atoms with Crippen LogP contribution in [0.2, 0.25) is 0 Å². The summed E-state index contributed by atoms with van der Waals surface area (Å²) in [5.74, 6) is -1.06. The molecular weight excluding hydrogens is 256 g/mol. The van der Waals surface area contributed by atoms with Crippen molar-refractivity contribution < 1.29 is 14.7 Å². The second-order valence-corrected chi connectivity index (χ2v) is 5.60. The van der Waals surface area contributed by atoms with E-state index in [0.29, 0.717) is 12.0 Å². The molecule has 0 bridgehead atoms. The van der Waals surface area contributed by atoms with Crippen LogP contribution >= 0.6 is 0 Å². The lowest BCUT2D eigenvalue weighted by molar-refractivity contribution is -0.136. The van der Waals surface area contributed by atoms with Crippen LogP contribution in [0.4, 0.5) is 0 Å². The van der Waals surface area contributed by atoms with Crippen LogP contribution in [-0.2, 0) is 9.59 Å². The zero-order valence-corrected chi connectivity index (χ0v) is 12.1. The Kier molecular flexibility index (Phi) is 5.27. The predicted molar refractivity (Wildman–Crippen MR) is 76.6 cm³/mol. The van der Waals surface area contributed by atoms with Crippen LogP contribution in [0.25, 0.3) is 0 Å². The summed E-state index contributed by atoms with van der Waals surface area (Å²) in [7, 11) is 0. The number of hydrogen-bond acceptors (Lipinski definition) is 3. The van der Waals surface area contributed by atoms with Gasteiger partial charge in [0.2, 0.25) is 5.91 Å². The summed E-state index contributed by atoms with van der Waals surface area (Å²) in [6.45, 7) is 5.44. The number of hydrogen-bond donors (Lipinski definition) is 3. The zero-order valence-electron chi connectivity index (χ0n) is 12.1. The van der Waals surface area contributed by atoms with Gasteiger partial charge in [0.15, 0.2) is 6.10 Å². The molecule has 2 atom stereocenters. The van der Waals surface area contributed by atoms with Crippen LogP contribution in [-0.4, -0.2) is 22.5 Å². The molecule has 1 rings (SSSR count). The Morgan fingerprint density at radius 3 is 2.30 bits per heavy atom. The maximum Gasteiger partial charge on any atom is 0.254 e. The minimum absolute atomic E-state index is 0.182. The number of aliphatic hydroxyl groups is 1. The van der Waals surface area contributed by atoms with E-state index < -0.39 is 23.5 Å². The first-order chi connectivity index (χ1) is 9.26. The molecule has 1 aromatic carbocycles. The number of nitrogens with two attached hydrogens (primary N) is 1. The van der Waals surface area contributed by atoms with Gasteiger partial charge in [-0.1, -0.05) is 44.2 Å². The van der Waals surface area contributed by atoms with Crippen LogP contribution in [0, 0.1) is 5.92 Å². The molecule has 0 aromatic heterocycles. The summed E-state index contributed by atoms with van der Waals surface area (Å²) < 4.78 is 0. The van der Waals surface area contributed by atoms with Crippen LogP contribution < -0.4 is 11.1 Å². The first-order valence-electron chi connectivity index (χ1n) is 6.61. The lowest BCUT2D eigenvalue weighted by Crippen LogP contribution is -2.57. The maximum atomic E-state index is 12.1. The van der Waals surface area contributed by atoms with Crippen LogP contribution in [0.5, 0.6) is 0 Å². The molecule has 0 aliphatic carbocycles. The largest absolute Gasteiger partial charge is 0.378 e. The number of carbonyl (C=O) groups excluding carboxylic acids is 2. The number of rotatable bonds is 6. The molecule has 5 nitrogen and oxygen atoms in total. The zero-order chi connectivity index (χ0) is 15.3. The highest BCUT2D eigenvalue weighted by molar-refractivity contribution is 5.91. The molecule has 20 heavy (non-hydrogen) atoms. The molecule has 4 N–H and O–H groups in total. The van der Waals surface area contributed by atoms with Gasteiger partial charge in [0.1, 0.15) is 5.54 Å². The van der Waals surface area contributed by atoms with Gasteiger partial charge in [-0.15, -0.1) is 0 Å². The van der Waals surface area contributed by atoms with Crippen molar-refractivity contribution in [3.8, 4) is 0 Å². The third-order valence-electron chi connectivity index (χ3n) is 3.12. The summed E-state index contributed by atoms with van der Waals surface area (Å²) in [6, 6.07) is 8.55. The summed E-state index contributed by atoms with van der Waals surface area (Å²) in [6.07, 6.45) is -0.905. The number of carbonyl (C=O) groups is 2. The van der Waals surface area contributed by atoms with E-state index in [-0.39, 0.29) is 5.92 Å². The number of amides is 2. The van der Waals surface area contributed by atoms with Crippen LogP contribution in [0.1, 0.15) is 38.9 Å². The minimum Gasteiger partial charge on any atom is -0.378 e. The van der Waals surface area contributed by atoms with Crippen molar-refractivity contribution in [2.75, 3.05) is 0 Å². The summed E-state index contributed by atoms with van der Waals surface area (Å²) in [5, 5.41) is 12.6. The van der Waals surface area contributed by atoms with E-state index in [0.717, 1.165) is 0 Å². The average molecular weight is 278 g/mol. The van der Waals surface area contributed by atoms with Gasteiger partial charge in [-0.2, -0.15) is 0 Å². The van der Waals surface area contributed by atoms with Gasteiger partial charge in [0, 0.05) is 0 Å². The Balaban J connectivity index is 2.84. The van der Waals surface area contributed by atoms with Gasteiger partial charge in [0.25, 0.3) is 5.91 Å². The van der Waals surface area contributed by atoms with E-state index >= 15 is 0 Å². The molecule has 0 aliphatic rings. The van der Waals surface area contributed by atoms with Gasteiger partial charge in [-0.05, 0) is 24.8 Å². The Labute approximate surface area is 119 Å². The molecule has 2 unspecified atom stereocenters. The third-order valence-corrected chi connectivity index (χ3v) is 3.12. The lowest BCUT2D eigenvalue weighted by atomic mass is 9.89. The van der Waals surface area contributed by atoms with E-state index in [1.165, 1.54) is 0 Å². The molecule has 110 valence electrons. The van der Waals surface area contributed by atoms with Crippen molar-refractivity contribution in [1.29, 1.82) is 0 Å². The molecular formula is C15H22N2O3. The van der Waals surface area contributed by atoms with Crippen molar-refractivity contribution in [3.63, 3.8) is 0 Å². The second kappa shape index (κ2) is 6.52. The highest BCUT2D eigenvalue weighted by atomic mass is 16.3. The van der Waals surface area contributed by atoms with Gasteiger partial charge < -0.3 is 16.2 Å². The van der Waals surface area contributed by atoms with Crippen molar-refractivity contribution in [2.45, 2.75) is 38.8 Å². The molecule has 0 aliphatic heterocycles. The van der Waals surface area contributed by atoms with Crippen molar-refractivity contribution in [1.82, 2.24) is 5.32 Å². The maximum absolute atomic E-state index is 12.1. The SMILES string of the molecule is CC(C)CC(C)(NC(=O)C(O)c1ccccc1)C(N)=O. The van der Waals surface area contributed by atoms with E-state index in [2.05, 4.69) is 5.32 Å². The summed E-state index contributed by atoms with van der Waals surface area (Å²) >= 11 is 0. The molecule has 0 saturated carbocycles. The average Bonchev–Trinajstić information content (AvgIpc) is 2.37. The second-order valence-electron chi connectivity index (χ2n) is 5.60. The quantitative estimate of drug-likeness (QED) is 0.728. The van der Waals surface area contributed by atoms with Crippen LogP contribution in [0.3, 0.4) is 0 Å². The fourth-order valence-electron chi connectivity index (χ4n) is 2.16. The minimum atomic E-state index is -1.32. The number of primary amides is 1. The first-order valence-corrected chi connectivity index (χ1v) is 6.61. The molecule has 2 amide bonds. The van der Waals surface area contributed by atoms with Gasteiger partial charge >= 0.3 is 0 Å². The summed E-state index contributed by atoms with van der Waals surface area (Å²) in [5.41, 5.74) is 4.68. The Hall–Kier alpha value is -1.88. The van der Waals surface area contributed by atoms with E-state index in [1.807, 2.05) is 13.8 Å². The number of benzene rings is 1. The van der Waals surface area contributed by atoms with Crippen molar-refractivity contribution in [2.24, 2.45) is 11.7 Å². The lowest BCUT2D eigenvalue weighted by Gasteiger charge is -2.30. The first kappa shape index (κ1) is 16.2. The number of nitrogens with one attached hydrogen (secondary N) is 1. The fourth-order valence-corrected chi connectivity index (χ4v) is 2.16. The highest BCUT2D eigenvalue weighted by Crippen LogP contribution is 2.19. The Morgan fingerprint density at radius 2 is 1.85 bits per heavy atom. The van der Waals surface area contributed by atoms with Crippen molar-refractivity contribution in [3.05, 3.63) is 35.9 Å². The van der Waals surface area contributed by atoms with E-state index in [9.17, 15) is 14.7 Å². The standard InChI is InChI=1S/C15H22N2O3/c1-10(2)9-15(3,14(16)20)17-13(19)12(18)11-7-5-4-6-8-11/h4-8,10,12,18H,9H2,1-3H3,(H2,16,20)(H,17,19). The Bertz CT molecular complexity index is 473. The Morgan fingerprint density at radius 1 is 1.30 bits per heavy atom. The number of aliphatic hydroxyl groups excluding tert-OH is 1.